The molecular weight excluding hydrogens is 202 g/mol. The molecule has 0 fully saturated rings. The van der Waals surface area contributed by atoms with Crippen LogP contribution >= 0.6 is 0 Å². The molecule has 0 bridgehead atoms. The van der Waals surface area contributed by atoms with E-state index in [0.717, 1.165) is 5.69 Å². The molecule has 0 aliphatic rings. The van der Waals surface area contributed by atoms with Crippen LogP contribution in [0.4, 0.5) is 5.69 Å². The molecule has 3 nitrogen and oxygen atoms in total. The first-order chi connectivity index (χ1) is 7.43. The molecule has 0 radical (unpaired) electrons. The van der Waals surface area contributed by atoms with E-state index < -0.39 is 5.60 Å². The average Bonchev–Trinajstić information content (AvgIpc) is 2.20. The van der Waals surface area contributed by atoms with Crippen LogP contribution in [-0.2, 0) is 4.79 Å². The summed E-state index contributed by atoms with van der Waals surface area (Å²) < 4.78 is 5.56. The van der Waals surface area contributed by atoms with Crippen LogP contribution in [0.15, 0.2) is 24.3 Å². The number of hydrogen-bond acceptors (Lipinski definition) is 2. The van der Waals surface area contributed by atoms with E-state index >= 15 is 0 Å². The Bertz CT molecular complexity index is 413. The zero-order chi connectivity index (χ0) is 12.2. The quantitative estimate of drug-likeness (QED) is 0.790. The summed E-state index contributed by atoms with van der Waals surface area (Å²) in [6.07, 6.45) is 5.32. The van der Waals surface area contributed by atoms with Gasteiger partial charge in [-0.15, -0.1) is 6.42 Å². The Morgan fingerprint density at radius 1 is 1.38 bits per heavy atom. The standard InChI is InChI=1S/C13H15NO2/c1-5-13(3,4)16-12-8-6-11(7-9-12)14-10(2)15/h1,6-9H,2-4H3,(H,14,15). The molecule has 0 saturated heterocycles. The van der Waals surface area contributed by atoms with Crippen molar-refractivity contribution in [2.24, 2.45) is 0 Å². The van der Waals surface area contributed by atoms with Gasteiger partial charge < -0.3 is 10.1 Å². The molecular formula is C13H15NO2. The Labute approximate surface area is 95.8 Å². The molecule has 1 rings (SSSR count). The number of amides is 1. The molecule has 1 amide bonds. The predicted molar refractivity (Wildman–Crippen MR) is 64.3 cm³/mol. The monoisotopic (exact) mass is 217 g/mol. The fourth-order valence-corrected chi connectivity index (χ4v) is 1.13. The molecule has 0 heterocycles. The van der Waals surface area contributed by atoms with E-state index in [1.54, 1.807) is 24.3 Å². The van der Waals surface area contributed by atoms with Crippen LogP contribution in [0.3, 0.4) is 0 Å². The smallest absolute Gasteiger partial charge is 0.221 e. The van der Waals surface area contributed by atoms with Gasteiger partial charge in [0.05, 0.1) is 0 Å². The van der Waals surface area contributed by atoms with Crippen molar-refractivity contribution >= 4 is 11.6 Å². The van der Waals surface area contributed by atoms with E-state index in [-0.39, 0.29) is 5.91 Å². The number of benzene rings is 1. The molecule has 0 saturated carbocycles. The normalized spacial score (nSPS) is 10.4. The van der Waals surface area contributed by atoms with E-state index in [2.05, 4.69) is 11.2 Å². The average molecular weight is 217 g/mol. The maximum atomic E-state index is 10.8. The van der Waals surface area contributed by atoms with Crippen molar-refractivity contribution in [2.75, 3.05) is 5.32 Å². The topological polar surface area (TPSA) is 38.3 Å². The Kier molecular flexibility index (Phi) is 3.57. The van der Waals surface area contributed by atoms with Gasteiger partial charge in [-0.1, -0.05) is 5.92 Å². The highest BCUT2D eigenvalue weighted by molar-refractivity contribution is 5.88. The van der Waals surface area contributed by atoms with E-state index in [1.165, 1.54) is 6.92 Å². The van der Waals surface area contributed by atoms with Crippen molar-refractivity contribution in [3.8, 4) is 18.1 Å². The SMILES string of the molecule is C#CC(C)(C)Oc1ccc(NC(C)=O)cc1. The van der Waals surface area contributed by atoms with Gasteiger partial charge in [0.25, 0.3) is 0 Å². The van der Waals surface area contributed by atoms with Crippen LogP contribution in [-0.4, -0.2) is 11.5 Å². The Hall–Kier alpha value is -1.95. The molecule has 0 spiro atoms. The lowest BCUT2D eigenvalue weighted by Crippen LogP contribution is -2.25. The molecule has 3 heteroatoms. The van der Waals surface area contributed by atoms with Crippen molar-refractivity contribution < 1.29 is 9.53 Å². The number of nitrogens with one attached hydrogen (secondary N) is 1. The number of anilines is 1. The first kappa shape index (κ1) is 12.1. The third-order valence-corrected chi connectivity index (χ3v) is 1.90. The van der Waals surface area contributed by atoms with Gasteiger partial charge >= 0.3 is 0 Å². The van der Waals surface area contributed by atoms with Crippen LogP contribution in [0.2, 0.25) is 0 Å². The first-order valence-electron chi connectivity index (χ1n) is 4.97. The number of terminal acetylenes is 1. The molecule has 1 N–H and O–H groups in total. The Morgan fingerprint density at radius 3 is 2.38 bits per heavy atom. The molecule has 0 aliphatic heterocycles. The summed E-state index contributed by atoms with van der Waals surface area (Å²) in [5.74, 6) is 3.12. The highest BCUT2D eigenvalue weighted by Gasteiger charge is 2.15. The van der Waals surface area contributed by atoms with Crippen molar-refractivity contribution in [3.05, 3.63) is 24.3 Å². The molecule has 1 aromatic rings. The zero-order valence-corrected chi connectivity index (χ0v) is 9.70. The molecule has 0 aliphatic carbocycles. The van der Waals surface area contributed by atoms with Crippen LogP contribution < -0.4 is 10.1 Å². The molecule has 84 valence electrons. The minimum atomic E-state index is -0.629. The first-order valence-corrected chi connectivity index (χ1v) is 4.97. The minimum Gasteiger partial charge on any atom is -0.475 e. The largest absolute Gasteiger partial charge is 0.475 e. The number of hydrogen-bond donors (Lipinski definition) is 1. The van der Waals surface area contributed by atoms with Gasteiger partial charge in [0.2, 0.25) is 5.91 Å². The highest BCUT2D eigenvalue weighted by Crippen LogP contribution is 2.20. The van der Waals surface area contributed by atoms with E-state index in [4.69, 9.17) is 11.2 Å². The van der Waals surface area contributed by atoms with Crippen LogP contribution in [0, 0.1) is 12.3 Å². The molecule has 0 aromatic heterocycles. The fraction of sp³-hybridized carbons (Fsp3) is 0.308. The van der Waals surface area contributed by atoms with Crippen molar-refractivity contribution in [2.45, 2.75) is 26.4 Å². The molecule has 0 unspecified atom stereocenters. The minimum absolute atomic E-state index is 0.0994. The lowest BCUT2D eigenvalue weighted by Gasteiger charge is -2.20. The fourth-order valence-electron chi connectivity index (χ4n) is 1.13. The van der Waals surface area contributed by atoms with Crippen molar-refractivity contribution in [1.29, 1.82) is 0 Å². The lowest BCUT2D eigenvalue weighted by molar-refractivity contribution is -0.114. The summed E-state index contributed by atoms with van der Waals surface area (Å²) in [5.41, 5.74) is 0.105. The van der Waals surface area contributed by atoms with Gasteiger partial charge in [-0.3, -0.25) is 4.79 Å². The van der Waals surface area contributed by atoms with E-state index in [1.807, 2.05) is 13.8 Å². The second-order valence-electron chi connectivity index (χ2n) is 3.96. The number of carbonyl (C=O) groups excluding carboxylic acids is 1. The summed E-state index contributed by atoms with van der Waals surface area (Å²) in [6.45, 7) is 5.09. The third-order valence-electron chi connectivity index (χ3n) is 1.90. The maximum absolute atomic E-state index is 10.8. The zero-order valence-electron chi connectivity index (χ0n) is 9.70. The molecule has 16 heavy (non-hydrogen) atoms. The second-order valence-corrected chi connectivity index (χ2v) is 3.96. The maximum Gasteiger partial charge on any atom is 0.221 e. The van der Waals surface area contributed by atoms with Gasteiger partial charge in [0.15, 0.2) is 5.60 Å². The lowest BCUT2D eigenvalue weighted by atomic mass is 10.1. The van der Waals surface area contributed by atoms with Gasteiger partial charge in [-0.25, -0.2) is 0 Å². The van der Waals surface area contributed by atoms with Crippen molar-refractivity contribution in [3.63, 3.8) is 0 Å². The van der Waals surface area contributed by atoms with E-state index in [9.17, 15) is 4.79 Å². The van der Waals surface area contributed by atoms with Crippen molar-refractivity contribution in [1.82, 2.24) is 0 Å². The summed E-state index contributed by atoms with van der Waals surface area (Å²) in [4.78, 5) is 10.8. The van der Waals surface area contributed by atoms with Crippen LogP contribution in [0.5, 0.6) is 5.75 Å². The Balaban J connectivity index is 2.73. The summed E-state index contributed by atoms with van der Waals surface area (Å²) in [7, 11) is 0. The summed E-state index contributed by atoms with van der Waals surface area (Å²) in [6, 6.07) is 7.07. The number of ether oxygens (including phenoxy) is 1. The summed E-state index contributed by atoms with van der Waals surface area (Å²) in [5, 5.41) is 2.67. The number of rotatable bonds is 3. The second kappa shape index (κ2) is 4.71. The molecule has 0 atom stereocenters. The van der Waals surface area contributed by atoms with Gasteiger partial charge in [0, 0.05) is 12.6 Å². The van der Waals surface area contributed by atoms with Gasteiger partial charge in [-0.05, 0) is 38.1 Å². The third kappa shape index (κ3) is 3.66. The van der Waals surface area contributed by atoms with E-state index in [0.29, 0.717) is 5.75 Å². The van der Waals surface area contributed by atoms with Crippen LogP contribution in [0.1, 0.15) is 20.8 Å². The van der Waals surface area contributed by atoms with Gasteiger partial charge in [-0.2, -0.15) is 0 Å². The van der Waals surface area contributed by atoms with Gasteiger partial charge in [0.1, 0.15) is 5.75 Å². The predicted octanol–water partition coefficient (Wildman–Crippen LogP) is 2.44. The Morgan fingerprint density at radius 2 is 1.94 bits per heavy atom. The van der Waals surface area contributed by atoms with Crippen LogP contribution in [0.25, 0.3) is 0 Å². The molecule has 1 aromatic carbocycles. The number of carbonyl (C=O) groups is 1. The highest BCUT2D eigenvalue weighted by atomic mass is 16.5. The summed E-state index contributed by atoms with van der Waals surface area (Å²) >= 11 is 0.